The van der Waals surface area contributed by atoms with Crippen molar-refractivity contribution in [2.45, 2.75) is 43.5 Å². The molecule has 0 atom stereocenters. The highest BCUT2D eigenvalue weighted by molar-refractivity contribution is 8.00. The average molecular weight is 292 g/mol. The smallest absolute Gasteiger partial charge is 0.232 e. The first kappa shape index (κ1) is 15.2. The van der Waals surface area contributed by atoms with Gasteiger partial charge in [0.15, 0.2) is 0 Å². The summed E-state index contributed by atoms with van der Waals surface area (Å²) >= 11 is 1.58. The number of benzene rings is 1. The third-order valence-corrected chi connectivity index (χ3v) is 5.17. The minimum Gasteiger partial charge on any atom is -0.399 e. The summed E-state index contributed by atoms with van der Waals surface area (Å²) in [7, 11) is 1.95. The SMILES string of the molecule is CC1CCC(N(C)C(=O)CSc2ccc(N)cc2)CC1. The van der Waals surface area contributed by atoms with Crippen molar-refractivity contribution in [2.75, 3.05) is 18.5 Å². The van der Waals surface area contributed by atoms with Crippen LogP contribution in [-0.4, -0.2) is 29.6 Å². The first-order valence-electron chi connectivity index (χ1n) is 7.30. The summed E-state index contributed by atoms with van der Waals surface area (Å²) in [4.78, 5) is 15.3. The first-order valence-corrected chi connectivity index (χ1v) is 8.29. The van der Waals surface area contributed by atoms with Gasteiger partial charge in [0.1, 0.15) is 0 Å². The number of hydrogen-bond acceptors (Lipinski definition) is 3. The second-order valence-corrected chi connectivity index (χ2v) is 6.82. The minimum absolute atomic E-state index is 0.228. The van der Waals surface area contributed by atoms with Crippen molar-refractivity contribution in [3.8, 4) is 0 Å². The number of nitrogens with two attached hydrogens (primary N) is 1. The number of carbonyl (C=O) groups excluding carboxylic acids is 1. The maximum absolute atomic E-state index is 12.2. The van der Waals surface area contributed by atoms with E-state index in [9.17, 15) is 4.79 Å². The largest absolute Gasteiger partial charge is 0.399 e. The molecule has 20 heavy (non-hydrogen) atoms. The molecule has 0 radical (unpaired) electrons. The van der Waals surface area contributed by atoms with E-state index in [0.29, 0.717) is 11.8 Å². The van der Waals surface area contributed by atoms with E-state index in [0.717, 1.165) is 29.3 Å². The number of rotatable bonds is 4. The lowest BCUT2D eigenvalue weighted by Gasteiger charge is -2.33. The van der Waals surface area contributed by atoms with Crippen molar-refractivity contribution in [1.82, 2.24) is 4.90 Å². The summed E-state index contributed by atoms with van der Waals surface area (Å²) in [5.41, 5.74) is 6.41. The number of carbonyl (C=O) groups is 1. The fourth-order valence-electron chi connectivity index (χ4n) is 2.64. The van der Waals surface area contributed by atoms with Gasteiger partial charge in [0.2, 0.25) is 5.91 Å². The summed E-state index contributed by atoms with van der Waals surface area (Å²) in [5.74, 6) is 1.55. The normalized spacial score (nSPS) is 22.5. The fraction of sp³-hybridized carbons (Fsp3) is 0.562. The van der Waals surface area contributed by atoms with Crippen molar-refractivity contribution in [2.24, 2.45) is 5.92 Å². The van der Waals surface area contributed by atoms with Gasteiger partial charge >= 0.3 is 0 Å². The molecule has 3 nitrogen and oxygen atoms in total. The molecular formula is C16H24N2OS. The van der Waals surface area contributed by atoms with Gasteiger partial charge in [0, 0.05) is 23.7 Å². The number of nitrogens with zero attached hydrogens (tertiary/aromatic N) is 1. The van der Waals surface area contributed by atoms with Crippen molar-refractivity contribution in [3.05, 3.63) is 24.3 Å². The lowest BCUT2D eigenvalue weighted by Crippen LogP contribution is -2.40. The van der Waals surface area contributed by atoms with Gasteiger partial charge in [-0.2, -0.15) is 0 Å². The van der Waals surface area contributed by atoms with Gasteiger partial charge in [-0.15, -0.1) is 11.8 Å². The molecule has 110 valence electrons. The molecule has 0 spiro atoms. The Hall–Kier alpha value is -1.16. The zero-order chi connectivity index (χ0) is 14.5. The number of thioether (sulfide) groups is 1. The Kier molecular flexibility index (Phi) is 5.35. The number of amides is 1. The van der Waals surface area contributed by atoms with Crippen LogP contribution in [0, 0.1) is 5.92 Å². The van der Waals surface area contributed by atoms with E-state index in [-0.39, 0.29) is 5.91 Å². The van der Waals surface area contributed by atoms with Crippen LogP contribution in [0.3, 0.4) is 0 Å². The first-order chi connectivity index (χ1) is 9.56. The maximum Gasteiger partial charge on any atom is 0.232 e. The van der Waals surface area contributed by atoms with Crippen LogP contribution in [0.2, 0.25) is 0 Å². The van der Waals surface area contributed by atoms with Crippen LogP contribution in [0.1, 0.15) is 32.6 Å². The van der Waals surface area contributed by atoms with Crippen LogP contribution in [0.4, 0.5) is 5.69 Å². The molecule has 0 heterocycles. The standard InChI is InChI=1S/C16H24N2OS/c1-12-3-7-14(8-4-12)18(2)16(19)11-20-15-9-5-13(17)6-10-15/h5-6,9-10,12,14H,3-4,7-8,11,17H2,1-2H3. The molecule has 1 aliphatic carbocycles. The van der Waals surface area contributed by atoms with E-state index >= 15 is 0 Å². The van der Waals surface area contributed by atoms with E-state index in [4.69, 9.17) is 5.73 Å². The molecule has 0 unspecified atom stereocenters. The second-order valence-electron chi connectivity index (χ2n) is 5.78. The number of hydrogen-bond donors (Lipinski definition) is 1. The maximum atomic E-state index is 12.2. The van der Waals surface area contributed by atoms with E-state index in [1.54, 1.807) is 11.8 Å². The Morgan fingerprint density at radius 2 is 1.85 bits per heavy atom. The quantitative estimate of drug-likeness (QED) is 0.683. The molecule has 0 bridgehead atoms. The van der Waals surface area contributed by atoms with E-state index in [2.05, 4.69) is 6.92 Å². The Labute approximate surface area is 125 Å². The molecule has 1 aliphatic rings. The lowest BCUT2D eigenvalue weighted by atomic mass is 9.87. The molecule has 1 amide bonds. The molecule has 0 aliphatic heterocycles. The fourth-order valence-corrected chi connectivity index (χ4v) is 3.47. The van der Waals surface area contributed by atoms with Crippen LogP contribution in [0.15, 0.2) is 29.2 Å². The summed E-state index contributed by atoms with van der Waals surface area (Å²) in [6.07, 6.45) is 4.78. The lowest BCUT2D eigenvalue weighted by molar-refractivity contribution is -0.129. The van der Waals surface area contributed by atoms with Crippen LogP contribution < -0.4 is 5.73 Å². The second kappa shape index (κ2) is 7.02. The van der Waals surface area contributed by atoms with Gasteiger partial charge < -0.3 is 10.6 Å². The molecule has 0 aromatic heterocycles. The molecule has 2 N–H and O–H groups in total. The summed E-state index contributed by atoms with van der Waals surface area (Å²) in [5, 5.41) is 0. The predicted molar refractivity (Wildman–Crippen MR) is 85.8 cm³/mol. The van der Waals surface area contributed by atoms with Gasteiger partial charge in [-0.1, -0.05) is 6.92 Å². The molecule has 4 heteroatoms. The average Bonchev–Trinajstić information content (AvgIpc) is 2.46. The Bertz CT molecular complexity index is 438. The van der Waals surface area contributed by atoms with Crippen molar-refractivity contribution >= 4 is 23.4 Å². The third kappa shape index (κ3) is 4.17. The molecule has 0 saturated heterocycles. The highest BCUT2D eigenvalue weighted by Crippen LogP contribution is 2.27. The van der Waals surface area contributed by atoms with Crippen LogP contribution in [0.5, 0.6) is 0 Å². The topological polar surface area (TPSA) is 46.3 Å². The van der Waals surface area contributed by atoms with Gasteiger partial charge in [0.25, 0.3) is 0 Å². The van der Waals surface area contributed by atoms with Crippen molar-refractivity contribution in [1.29, 1.82) is 0 Å². The van der Waals surface area contributed by atoms with Gasteiger partial charge in [0.05, 0.1) is 5.75 Å². The van der Waals surface area contributed by atoms with Crippen molar-refractivity contribution in [3.63, 3.8) is 0 Å². The minimum atomic E-state index is 0.228. The van der Waals surface area contributed by atoms with Gasteiger partial charge in [-0.3, -0.25) is 4.79 Å². The molecule has 1 fully saturated rings. The van der Waals surface area contributed by atoms with E-state index < -0.39 is 0 Å². The van der Waals surface area contributed by atoms with E-state index in [1.807, 2.05) is 36.2 Å². The van der Waals surface area contributed by atoms with Gasteiger partial charge in [-0.05, 0) is 55.9 Å². The predicted octanol–water partition coefficient (Wildman–Crippen LogP) is 3.40. The van der Waals surface area contributed by atoms with Crippen LogP contribution >= 0.6 is 11.8 Å². The highest BCUT2D eigenvalue weighted by Gasteiger charge is 2.24. The zero-order valence-electron chi connectivity index (χ0n) is 12.3. The molecular weight excluding hydrogens is 268 g/mol. The Morgan fingerprint density at radius 3 is 2.45 bits per heavy atom. The van der Waals surface area contributed by atoms with Crippen LogP contribution in [-0.2, 0) is 4.79 Å². The van der Waals surface area contributed by atoms with Crippen molar-refractivity contribution < 1.29 is 4.79 Å². The van der Waals surface area contributed by atoms with Gasteiger partial charge in [-0.25, -0.2) is 0 Å². The molecule has 1 aromatic carbocycles. The summed E-state index contributed by atoms with van der Waals surface area (Å²) < 4.78 is 0. The van der Waals surface area contributed by atoms with Crippen LogP contribution in [0.25, 0.3) is 0 Å². The Balaban J connectivity index is 1.80. The zero-order valence-corrected chi connectivity index (χ0v) is 13.2. The monoisotopic (exact) mass is 292 g/mol. The molecule has 2 rings (SSSR count). The molecule has 1 saturated carbocycles. The summed E-state index contributed by atoms with van der Waals surface area (Å²) in [6, 6.07) is 8.12. The number of anilines is 1. The third-order valence-electron chi connectivity index (χ3n) is 4.17. The molecule has 1 aromatic rings. The number of nitrogen functional groups attached to an aromatic ring is 1. The highest BCUT2D eigenvalue weighted by atomic mass is 32.2. The Morgan fingerprint density at radius 1 is 1.25 bits per heavy atom. The summed E-state index contributed by atoms with van der Waals surface area (Å²) in [6.45, 7) is 2.30. The van der Waals surface area contributed by atoms with E-state index in [1.165, 1.54) is 12.8 Å².